The lowest BCUT2D eigenvalue weighted by Gasteiger charge is -2.13. The zero-order valence-electron chi connectivity index (χ0n) is 10.2. The molecule has 6 heteroatoms. The Bertz CT molecular complexity index is 463. The first-order valence-electron chi connectivity index (χ1n) is 5.49. The lowest BCUT2D eigenvalue weighted by Crippen LogP contribution is -2.35. The van der Waals surface area contributed by atoms with Crippen molar-refractivity contribution >= 4 is 33.5 Å². The summed E-state index contributed by atoms with van der Waals surface area (Å²) in [5.74, 6) is -0.918. The fourth-order valence-corrected chi connectivity index (χ4v) is 1.70. The Morgan fingerprint density at radius 1 is 1.50 bits per heavy atom. The van der Waals surface area contributed by atoms with E-state index in [9.17, 15) is 9.59 Å². The minimum atomic E-state index is -0.842. The van der Waals surface area contributed by atoms with Crippen LogP contribution in [0.4, 0.5) is 5.69 Å². The van der Waals surface area contributed by atoms with Crippen LogP contribution in [0.25, 0.3) is 0 Å². The normalized spacial score (nSPS) is 11.7. The number of esters is 1. The first-order chi connectivity index (χ1) is 8.45. The molecule has 1 unspecified atom stereocenters. The van der Waals surface area contributed by atoms with Gasteiger partial charge >= 0.3 is 5.97 Å². The highest BCUT2D eigenvalue weighted by Crippen LogP contribution is 2.20. The quantitative estimate of drug-likeness (QED) is 0.655. The summed E-state index contributed by atoms with van der Waals surface area (Å²) in [5.41, 5.74) is 6.35. The number of carbonyl (C=O) groups is 2. The Labute approximate surface area is 114 Å². The Balaban J connectivity index is 2.76. The van der Waals surface area contributed by atoms with E-state index in [4.69, 9.17) is 10.5 Å². The Morgan fingerprint density at radius 2 is 2.17 bits per heavy atom. The van der Waals surface area contributed by atoms with Crippen molar-refractivity contribution in [3.05, 3.63) is 28.2 Å². The molecule has 3 N–H and O–H groups in total. The highest BCUT2D eigenvalue weighted by atomic mass is 79.9. The maximum absolute atomic E-state index is 11.8. The SMILES string of the molecule is CCNC(=O)C(C)OC(=O)c1cc(N)ccc1Br. The summed E-state index contributed by atoms with van der Waals surface area (Å²) in [6.45, 7) is 3.80. The fraction of sp³-hybridized carbons (Fsp3) is 0.333. The van der Waals surface area contributed by atoms with Crippen LogP contribution in [-0.4, -0.2) is 24.5 Å². The molecule has 1 rings (SSSR count). The highest BCUT2D eigenvalue weighted by molar-refractivity contribution is 9.10. The Kier molecular flexibility index (Phi) is 5.15. The van der Waals surface area contributed by atoms with Gasteiger partial charge in [-0.05, 0) is 48.0 Å². The molecule has 1 amide bonds. The van der Waals surface area contributed by atoms with Crippen molar-refractivity contribution in [3.63, 3.8) is 0 Å². The summed E-state index contributed by atoms with van der Waals surface area (Å²) in [5, 5.41) is 2.58. The molecular weight excluding hydrogens is 300 g/mol. The van der Waals surface area contributed by atoms with Gasteiger partial charge in [0.2, 0.25) is 0 Å². The lowest BCUT2D eigenvalue weighted by molar-refractivity contribution is -0.128. The third-order valence-corrected chi connectivity index (χ3v) is 2.91. The third-order valence-electron chi connectivity index (χ3n) is 2.21. The van der Waals surface area contributed by atoms with Crippen molar-refractivity contribution in [2.45, 2.75) is 20.0 Å². The van der Waals surface area contributed by atoms with Gasteiger partial charge < -0.3 is 15.8 Å². The van der Waals surface area contributed by atoms with Gasteiger partial charge in [-0.25, -0.2) is 4.79 Å². The van der Waals surface area contributed by atoms with Crippen molar-refractivity contribution in [1.82, 2.24) is 5.32 Å². The number of benzene rings is 1. The molecular formula is C12H15BrN2O3. The molecule has 1 atom stereocenters. The molecule has 0 bridgehead atoms. The molecule has 1 aromatic carbocycles. The summed E-state index contributed by atoms with van der Waals surface area (Å²) < 4.78 is 5.62. The van der Waals surface area contributed by atoms with Crippen LogP contribution in [0.1, 0.15) is 24.2 Å². The van der Waals surface area contributed by atoms with Crippen molar-refractivity contribution in [2.24, 2.45) is 0 Å². The molecule has 98 valence electrons. The molecule has 0 aliphatic heterocycles. The smallest absolute Gasteiger partial charge is 0.340 e. The minimum Gasteiger partial charge on any atom is -0.449 e. The predicted octanol–water partition coefficient (Wildman–Crippen LogP) is 1.71. The van der Waals surface area contributed by atoms with E-state index in [1.54, 1.807) is 19.1 Å². The number of ether oxygens (including phenoxy) is 1. The molecule has 1 aromatic rings. The minimum absolute atomic E-state index is 0.297. The number of nitrogens with two attached hydrogens (primary N) is 1. The molecule has 5 nitrogen and oxygen atoms in total. The van der Waals surface area contributed by atoms with E-state index in [1.807, 2.05) is 0 Å². The third kappa shape index (κ3) is 3.73. The zero-order valence-corrected chi connectivity index (χ0v) is 11.8. The van der Waals surface area contributed by atoms with Crippen LogP contribution < -0.4 is 11.1 Å². The lowest BCUT2D eigenvalue weighted by atomic mass is 10.2. The van der Waals surface area contributed by atoms with E-state index in [0.29, 0.717) is 22.3 Å². The topological polar surface area (TPSA) is 81.4 Å². The second-order valence-corrected chi connectivity index (χ2v) is 4.54. The van der Waals surface area contributed by atoms with Crippen LogP contribution in [0.15, 0.2) is 22.7 Å². The number of rotatable bonds is 4. The maximum atomic E-state index is 11.8. The Hall–Kier alpha value is -1.56. The second-order valence-electron chi connectivity index (χ2n) is 3.68. The highest BCUT2D eigenvalue weighted by Gasteiger charge is 2.19. The van der Waals surface area contributed by atoms with Crippen LogP contribution in [0, 0.1) is 0 Å². The van der Waals surface area contributed by atoms with Crippen LogP contribution >= 0.6 is 15.9 Å². The predicted molar refractivity (Wildman–Crippen MR) is 72.1 cm³/mol. The van der Waals surface area contributed by atoms with Crippen molar-refractivity contribution in [3.8, 4) is 0 Å². The number of amides is 1. The van der Waals surface area contributed by atoms with E-state index in [-0.39, 0.29) is 5.91 Å². The first-order valence-corrected chi connectivity index (χ1v) is 6.28. The van der Waals surface area contributed by atoms with Gasteiger partial charge in [0.15, 0.2) is 6.10 Å². The van der Waals surface area contributed by atoms with Gasteiger partial charge in [0.1, 0.15) is 0 Å². The molecule has 0 saturated heterocycles. The maximum Gasteiger partial charge on any atom is 0.340 e. The number of carbonyl (C=O) groups excluding carboxylic acids is 2. The summed E-state index contributed by atoms with van der Waals surface area (Å²) >= 11 is 3.23. The number of halogens is 1. The molecule has 0 saturated carbocycles. The van der Waals surface area contributed by atoms with Gasteiger partial charge in [-0.2, -0.15) is 0 Å². The first kappa shape index (κ1) is 14.5. The molecule has 0 heterocycles. The van der Waals surface area contributed by atoms with Gasteiger partial charge in [-0.1, -0.05) is 0 Å². The molecule has 0 aliphatic rings. The molecule has 0 radical (unpaired) electrons. The van der Waals surface area contributed by atoms with E-state index in [0.717, 1.165) is 0 Å². The van der Waals surface area contributed by atoms with E-state index < -0.39 is 12.1 Å². The molecule has 0 aliphatic carbocycles. The largest absolute Gasteiger partial charge is 0.449 e. The van der Waals surface area contributed by atoms with Crippen LogP contribution in [0.3, 0.4) is 0 Å². The van der Waals surface area contributed by atoms with Gasteiger partial charge in [-0.15, -0.1) is 0 Å². The number of hydrogen-bond acceptors (Lipinski definition) is 4. The molecule has 0 aromatic heterocycles. The van der Waals surface area contributed by atoms with Crippen LogP contribution in [0.5, 0.6) is 0 Å². The van der Waals surface area contributed by atoms with Gasteiger partial charge in [0.05, 0.1) is 5.56 Å². The number of nitrogen functional groups attached to an aromatic ring is 1. The van der Waals surface area contributed by atoms with Crippen LogP contribution in [0.2, 0.25) is 0 Å². The molecule has 0 spiro atoms. The summed E-state index contributed by atoms with van der Waals surface area (Å²) in [6, 6.07) is 4.81. The standard InChI is InChI=1S/C12H15BrN2O3/c1-3-15-11(16)7(2)18-12(17)9-6-8(14)4-5-10(9)13/h4-7H,3,14H2,1-2H3,(H,15,16). The Morgan fingerprint density at radius 3 is 2.78 bits per heavy atom. The van der Waals surface area contributed by atoms with Crippen LogP contribution in [-0.2, 0) is 9.53 Å². The number of anilines is 1. The average molecular weight is 315 g/mol. The molecule has 0 fully saturated rings. The summed E-state index contributed by atoms with van der Waals surface area (Å²) in [7, 11) is 0. The summed E-state index contributed by atoms with van der Waals surface area (Å²) in [6.07, 6.45) is -0.842. The summed E-state index contributed by atoms with van der Waals surface area (Å²) in [4.78, 5) is 23.3. The van der Waals surface area contributed by atoms with Crippen molar-refractivity contribution in [2.75, 3.05) is 12.3 Å². The van der Waals surface area contributed by atoms with E-state index >= 15 is 0 Å². The van der Waals surface area contributed by atoms with Crippen molar-refractivity contribution in [1.29, 1.82) is 0 Å². The second kappa shape index (κ2) is 6.39. The van der Waals surface area contributed by atoms with Gasteiger partial charge in [0.25, 0.3) is 5.91 Å². The van der Waals surface area contributed by atoms with Crippen molar-refractivity contribution < 1.29 is 14.3 Å². The van der Waals surface area contributed by atoms with E-state index in [1.165, 1.54) is 13.0 Å². The van der Waals surface area contributed by atoms with Gasteiger partial charge in [-0.3, -0.25) is 4.79 Å². The number of nitrogens with one attached hydrogen (secondary N) is 1. The zero-order chi connectivity index (χ0) is 13.7. The monoisotopic (exact) mass is 314 g/mol. The average Bonchev–Trinajstić information content (AvgIpc) is 2.32. The molecule has 18 heavy (non-hydrogen) atoms. The van der Waals surface area contributed by atoms with E-state index in [2.05, 4.69) is 21.2 Å². The number of hydrogen-bond donors (Lipinski definition) is 2. The van der Waals surface area contributed by atoms with Gasteiger partial charge in [0, 0.05) is 16.7 Å². The number of likely N-dealkylation sites (N-methyl/N-ethyl adjacent to an activating group) is 1. The fourth-order valence-electron chi connectivity index (χ4n) is 1.29.